The van der Waals surface area contributed by atoms with Crippen molar-refractivity contribution in [3.63, 3.8) is 0 Å². The Hall–Kier alpha value is -3.26. The van der Waals surface area contributed by atoms with Crippen LogP contribution in [-0.2, 0) is 0 Å². The Labute approximate surface area is 138 Å². The standard InChI is InChI=1S/C15H7ClN2O6/c16-9-3-1-8(2-4-9)15-13(18(22)23)14(19)11-7-10(17(20)21)5-6-12(11)24-15/h1-7H. The van der Waals surface area contributed by atoms with Crippen molar-refractivity contribution in [1.29, 1.82) is 0 Å². The molecule has 0 saturated carbocycles. The molecule has 0 spiro atoms. The van der Waals surface area contributed by atoms with Crippen LogP contribution in [0.1, 0.15) is 0 Å². The van der Waals surface area contributed by atoms with Crippen molar-refractivity contribution in [2.24, 2.45) is 0 Å². The average Bonchev–Trinajstić information content (AvgIpc) is 2.54. The normalized spacial score (nSPS) is 10.7. The minimum Gasteiger partial charge on any atom is -0.449 e. The number of nitrogens with zero attached hydrogens (tertiary/aromatic N) is 2. The fourth-order valence-corrected chi connectivity index (χ4v) is 2.38. The molecule has 8 nitrogen and oxygen atoms in total. The average molecular weight is 347 g/mol. The number of halogens is 1. The van der Waals surface area contributed by atoms with Gasteiger partial charge in [-0.2, -0.15) is 0 Å². The monoisotopic (exact) mass is 346 g/mol. The molecule has 0 saturated heterocycles. The summed E-state index contributed by atoms with van der Waals surface area (Å²) in [7, 11) is 0. The summed E-state index contributed by atoms with van der Waals surface area (Å²) in [5, 5.41) is 22.3. The van der Waals surface area contributed by atoms with Crippen molar-refractivity contribution in [1.82, 2.24) is 0 Å². The summed E-state index contributed by atoms with van der Waals surface area (Å²) in [6.07, 6.45) is 0. The number of fused-ring (bicyclic) bond motifs is 1. The Morgan fingerprint density at radius 2 is 1.62 bits per heavy atom. The molecule has 0 N–H and O–H groups in total. The minimum atomic E-state index is -0.949. The van der Waals surface area contributed by atoms with Gasteiger partial charge in [0, 0.05) is 22.7 Å². The van der Waals surface area contributed by atoms with E-state index in [4.69, 9.17) is 16.0 Å². The molecule has 3 aromatic rings. The van der Waals surface area contributed by atoms with E-state index in [1.807, 2.05) is 0 Å². The maximum Gasteiger partial charge on any atom is 0.359 e. The summed E-state index contributed by atoms with van der Waals surface area (Å²) >= 11 is 5.78. The zero-order valence-electron chi connectivity index (χ0n) is 11.8. The Balaban J connectivity index is 2.38. The lowest BCUT2D eigenvalue weighted by Gasteiger charge is -2.05. The summed E-state index contributed by atoms with van der Waals surface area (Å²) in [6.45, 7) is 0. The van der Waals surface area contributed by atoms with Crippen LogP contribution in [0.4, 0.5) is 11.4 Å². The fraction of sp³-hybridized carbons (Fsp3) is 0. The van der Waals surface area contributed by atoms with Crippen LogP contribution >= 0.6 is 11.6 Å². The Morgan fingerprint density at radius 1 is 0.958 bits per heavy atom. The van der Waals surface area contributed by atoms with E-state index < -0.39 is 21.0 Å². The van der Waals surface area contributed by atoms with Crippen LogP contribution in [-0.4, -0.2) is 9.85 Å². The van der Waals surface area contributed by atoms with Crippen molar-refractivity contribution in [3.8, 4) is 11.3 Å². The first-order chi connectivity index (χ1) is 11.4. The summed E-state index contributed by atoms with van der Waals surface area (Å²) in [6, 6.07) is 9.30. The molecule has 1 heterocycles. The molecule has 120 valence electrons. The predicted octanol–water partition coefficient (Wildman–Crippen LogP) is 3.93. The zero-order valence-corrected chi connectivity index (χ0v) is 12.5. The number of hydrogen-bond acceptors (Lipinski definition) is 6. The molecule has 2 aromatic carbocycles. The number of benzene rings is 2. The zero-order chi connectivity index (χ0) is 17.4. The van der Waals surface area contributed by atoms with Gasteiger partial charge in [-0.1, -0.05) is 11.6 Å². The van der Waals surface area contributed by atoms with Gasteiger partial charge < -0.3 is 4.42 Å². The van der Waals surface area contributed by atoms with Crippen molar-refractivity contribution in [2.75, 3.05) is 0 Å². The van der Waals surface area contributed by atoms with Gasteiger partial charge in [0.15, 0.2) is 0 Å². The van der Waals surface area contributed by atoms with Crippen LogP contribution in [0.2, 0.25) is 5.02 Å². The van der Waals surface area contributed by atoms with Gasteiger partial charge in [0.1, 0.15) is 5.58 Å². The van der Waals surface area contributed by atoms with Gasteiger partial charge in [-0.25, -0.2) is 0 Å². The third-order valence-corrected chi connectivity index (χ3v) is 3.60. The minimum absolute atomic E-state index is 0.0150. The van der Waals surface area contributed by atoms with Crippen LogP contribution in [0.15, 0.2) is 51.7 Å². The Kier molecular flexibility index (Phi) is 3.74. The third-order valence-electron chi connectivity index (χ3n) is 3.35. The molecule has 0 amide bonds. The van der Waals surface area contributed by atoms with Crippen molar-refractivity contribution in [2.45, 2.75) is 0 Å². The van der Waals surface area contributed by atoms with Crippen molar-refractivity contribution in [3.05, 3.63) is 77.9 Å². The van der Waals surface area contributed by atoms with Crippen LogP contribution in [0.3, 0.4) is 0 Å². The quantitative estimate of drug-likeness (QED) is 0.524. The Morgan fingerprint density at radius 3 is 2.21 bits per heavy atom. The summed E-state index contributed by atoms with van der Waals surface area (Å²) < 4.78 is 5.49. The smallest absolute Gasteiger partial charge is 0.359 e. The van der Waals surface area contributed by atoms with E-state index in [0.29, 0.717) is 10.6 Å². The molecule has 0 atom stereocenters. The number of rotatable bonds is 3. The highest BCUT2D eigenvalue weighted by atomic mass is 35.5. The molecule has 3 rings (SSSR count). The number of nitro benzene ring substituents is 1. The lowest BCUT2D eigenvalue weighted by molar-refractivity contribution is -0.386. The molecular formula is C15H7ClN2O6. The van der Waals surface area contributed by atoms with Crippen LogP contribution < -0.4 is 5.43 Å². The predicted molar refractivity (Wildman–Crippen MR) is 86.2 cm³/mol. The molecule has 0 radical (unpaired) electrons. The molecule has 0 aliphatic carbocycles. The molecule has 0 unspecified atom stereocenters. The molecule has 0 aliphatic heterocycles. The largest absolute Gasteiger partial charge is 0.449 e. The SMILES string of the molecule is O=c1c([N+](=O)[O-])c(-c2ccc(Cl)cc2)oc2ccc([N+](=O)[O-])cc12. The van der Waals surface area contributed by atoms with E-state index in [2.05, 4.69) is 0 Å². The molecule has 0 bridgehead atoms. The Bertz CT molecular complexity index is 1040. The van der Waals surface area contributed by atoms with E-state index in [1.54, 1.807) is 0 Å². The van der Waals surface area contributed by atoms with Crippen molar-refractivity contribution < 1.29 is 14.3 Å². The second-order valence-corrected chi connectivity index (χ2v) is 5.25. The van der Waals surface area contributed by atoms with Crippen LogP contribution in [0.25, 0.3) is 22.3 Å². The van der Waals surface area contributed by atoms with E-state index in [9.17, 15) is 25.0 Å². The molecule has 0 aliphatic rings. The van der Waals surface area contributed by atoms with Gasteiger partial charge >= 0.3 is 5.69 Å². The second-order valence-electron chi connectivity index (χ2n) is 4.81. The first-order valence-corrected chi connectivity index (χ1v) is 6.92. The topological polar surface area (TPSA) is 116 Å². The molecule has 24 heavy (non-hydrogen) atoms. The lowest BCUT2D eigenvalue weighted by atomic mass is 10.1. The first-order valence-electron chi connectivity index (χ1n) is 6.54. The third kappa shape index (κ3) is 2.59. The highest BCUT2D eigenvalue weighted by Gasteiger charge is 2.26. The van der Waals surface area contributed by atoms with Crippen molar-refractivity contribution >= 4 is 33.9 Å². The summed E-state index contributed by atoms with van der Waals surface area (Å²) in [5.74, 6) is -0.233. The summed E-state index contributed by atoms with van der Waals surface area (Å²) in [4.78, 5) is 33.0. The van der Waals surface area contributed by atoms with Gasteiger partial charge in [0.25, 0.3) is 11.1 Å². The summed E-state index contributed by atoms with van der Waals surface area (Å²) in [5.41, 5.74) is -1.78. The number of hydrogen-bond donors (Lipinski definition) is 0. The second kappa shape index (κ2) is 5.74. The number of nitro groups is 2. The van der Waals surface area contributed by atoms with Gasteiger partial charge in [0.05, 0.1) is 15.2 Å². The van der Waals surface area contributed by atoms with E-state index >= 15 is 0 Å². The van der Waals surface area contributed by atoms with E-state index in [-0.39, 0.29) is 22.4 Å². The molecule has 1 aromatic heterocycles. The van der Waals surface area contributed by atoms with Gasteiger partial charge in [-0.05, 0) is 30.3 Å². The molecule has 9 heteroatoms. The van der Waals surface area contributed by atoms with Gasteiger partial charge in [-0.3, -0.25) is 25.0 Å². The highest BCUT2D eigenvalue weighted by Crippen LogP contribution is 2.32. The van der Waals surface area contributed by atoms with Gasteiger partial charge in [0.2, 0.25) is 5.76 Å². The fourth-order valence-electron chi connectivity index (χ4n) is 2.25. The maximum atomic E-state index is 12.5. The van der Waals surface area contributed by atoms with Crippen LogP contribution in [0.5, 0.6) is 0 Å². The number of non-ortho nitro benzene ring substituents is 1. The van der Waals surface area contributed by atoms with Crippen LogP contribution in [0, 0.1) is 20.2 Å². The highest BCUT2D eigenvalue weighted by molar-refractivity contribution is 6.30. The molecular weight excluding hydrogens is 340 g/mol. The maximum absolute atomic E-state index is 12.5. The van der Waals surface area contributed by atoms with E-state index in [1.165, 1.54) is 30.3 Å². The van der Waals surface area contributed by atoms with E-state index in [0.717, 1.165) is 12.1 Å². The first kappa shape index (κ1) is 15.6. The van der Waals surface area contributed by atoms with Gasteiger partial charge in [-0.15, -0.1) is 0 Å². The molecule has 0 fully saturated rings. The lowest BCUT2D eigenvalue weighted by Crippen LogP contribution is -2.10.